The van der Waals surface area contributed by atoms with Gasteiger partial charge < -0.3 is 9.26 Å². The van der Waals surface area contributed by atoms with Gasteiger partial charge in [0.05, 0.1) is 5.56 Å². The number of alkyl halides is 2. The minimum atomic E-state index is -2.86. The predicted octanol–water partition coefficient (Wildman–Crippen LogP) is 4.05. The summed E-state index contributed by atoms with van der Waals surface area (Å²) in [4.78, 5) is 8.15. The molecule has 0 amide bonds. The maximum absolute atomic E-state index is 12.1. The number of hydrogen-bond acceptors (Lipinski definition) is 5. The van der Waals surface area contributed by atoms with Gasteiger partial charge in [-0.05, 0) is 36.4 Å². The van der Waals surface area contributed by atoms with Crippen molar-refractivity contribution in [1.82, 2.24) is 15.1 Å². The highest BCUT2D eigenvalue weighted by atomic mass is 35.5. The van der Waals surface area contributed by atoms with Gasteiger partial charge in [-0.25, -0.2) is 4.98 Å². The van der Waals surface area contributed by atoms with E-state index in [1.807, 2.05) is 0 Å². The second kappa shape index (κ2) is 6.07. The lowest BCUT2D eigenvalue weighted by atomic mass is 10.2. The molecule has 0 aliphatic rings. The van der Waals surface area contributed by atoms with Crippen molar-refractivity contribution < 1.29 is 18.0 Å². The third-order valence-electron chi connectivity index (χ3n) is 2.74. The second-order valence-electron chi connectivity index (χ2n) is 4.20. The monoisotopic (exact) mass is 323 g/mol. The molecule has 2 aromatic heterocycles. The molecule has 5 nitrogen and oxygen atoms in total. The van der Waals surface area contributed by atoms with Gasteiger partial charge in [0, 0.05) is 11.8 Å². The summed E-state index contributed by atoms with van der Waals surface area (Å²) < 4.78 is 33.6. The second-order valence-corrected chi connectivity index (χ2v) is 4.58. The first-order valence-electron chi connectivity index (χ1n) is 6.13. The summed E-state index contributed by atoms with van der Waals surface area (Å²) >= 11 is 5.71. The van der Waals surface area contributed by atoms with Gasteiger partial charge in [-0.2, -0.15) is 13.8 Å². The fraction of sp³-hybridized carbons (Fsp3) is 0.0714. The lowest BCUT2D eigenvalue weighted by Gasteiger charge is -2.03. The first-order valence-corrected chi connectivity index (χ1v) is 6.50. The molecule has 0 N–H and O–H groups in total. The zero-order chi connectivity index (χ0) is 15.5. The molecular weight excluding hydrogens is 316 g/mol. The number of aromatic nitrogens is 3. The number of hydrogen-bond donors (Lipinski definition) is 0. The first-order chi connectivity index (χ1) is 10.6. The molecule has 1 aromatic carbocycles. The Morgan fingerprint density at radius 2 is 1.77 bits per heavy atom. The van der Waals surface area contributed by atoms with Gasteiger partial charge >= 0.3 is 6.61 Å². The number of benzene rings is 1. The third kappa shape index (κ3) is 3.20. The van der Waals surface area contributed by atoms with Gasteiger partial charge in [-0.3, -0.25) is 0 Å². The SMILES string of the molecule is FC(F)Oc1ccc(-c2noc(-c3ccc(Cl)nc3)n2)cc1. The van der Waals surface area contributed by atoms with Crippen molar-refractivity contribution in [2.75, 3.05) is 0 Å². The number of rotatable bonds is 4. The molecule has 0 radical (unpaired) electrons. The average molecular weight is 324 g/mol. The van der Waals surface area contributed by atoms with Gasteiger partial charge in [-0.15, -0.1) is 0 Å². The number of nitrogens with zero attached hydrogens (tertiary/aromatic N) is 3. The van der Waals surface area contributed by atoms with Crippen molar-refractivity contribution in [3.63, 3.8) is 0 Å². The number of pyridine rings is 1. The summed E-state index contributed by atoms with van der Waals surface area (Å²) in [7, 11) is 0. The van der Waals surface area contributed by atoms with E-state index in [0.717, 1.165) is 0 Å². The maximum atomic E-state index is 12.1. The van der Waals surface area contributed by atoms with E-state index in [4.69, 9.17) is 16.1 Å². The van der Waals surface area contributed by atoms with Crippen molar-refractivity contribution >= 4 is 11.6 Å². The molecule has 112 valence electrons. The molecule has 2 heterocycles. The van der Waals surface area contributed by atoms with Crippen molar-refractivity contribution in [2.24, 2.45) is 0 Å². The van der Waals surface area contributed by atoms with Crippen LogP contribution < -0.4 is 4.74 Å². The van der Waals surface area contributed by atoms with Crippen LogP contribution in [0.5, 0.6) is 5.75 Å². The molecule has 0 saturated carbocycles. The standard InChI is InChI=1S/C14H8ClF2N3O2/c15-11-6-3-9(7-18-11)13-19-12(20-22-13)8-1-4-10(5-2-8)21-14(16)17/h1-7,14H. The first kappa shape index (κ1) is 14.4. The molecule has 0 bridgehead atoms. The Kier molecular flexibility index (Phi) is 3.97. The smallest absolute Gasteiger partial charge is 0.387 e. The average Bonchev–Trinajstić information content (AvgIpc) is 2.98. The highest BCUT2D eigenvalue weighted by Crippen LogP contribution is 2.24. The fourth-order valence-electron chi connectivity index (χ4n) is 1.75. The van der Waals surface area contributed by atoms with Gasteiger partial charge in [0.1, 0.15) is 10.9 Å². The Morgan fingerprint density at radius 3 is 2.41 bits per heavy atom. The lowest BCUT2D eigenvalue weighted by molar-refractivity contribution is -0.0498. The van der Waals surface area contributed by atoms with Crippen molar-refractivity contribution in [1.29, 1.82) is 0 Å². The van der Waals surface area contributed by atoms with Crippen molar-refractivity contribution in [2.45, 2.75) is 6.61 Å². The third-order valence-corrected chi connectivity index (χ3v) is 2.96. The molecule has 3 aromatic rings. The summed E-state index contributed by atoms with van der Waals surface area (Å²) in [5, 5.41) is 4.20. The van der Waals surface area contributed by atoms with E-state index in [9.17, 15) is 8.78 Å². The highest BCUT2D eigenvalue weighted by molar-refractivity contribution is 6.29. The Hall–Kier alpha value is -2.54. The Morgan fingerprint density at radius 1 is 1.05 bits per heavy atom. The van der Waals surface area contributed by atoms with Crippen LogP contribution in [0.25, 0.3) is 22.8 Å². The van der Waals surface area contributed by atoms with Crippen LogP contribution in [0.3, 0.4) is 0 Å². The van der Waals surface area contributed by atoms with Crippen LogP contribution in [0.2, 0.25) is 5.15 Å². The summed E-state index contributed by atoms with van der Waals surface area (Å²) in [5.41, 5.74) is 1.24. The minimum Gasteiger partial charge on any atom is -0.435 e. The van der Waals surface area contributed by atoms with E-state index < -0.39 is 6.61 Å². The zero-order valence-corrected chi connectivity index (χ0v) is 11.7. The van der Waals surface area contributed by atoms with Gasteiger partial charge in [0.25, 0.3) is 5.89 Å². The zero-order valence-electron chi connectivity index (χ0n) is 10.9. The molecule has 0 unspecified atom stereocenters. The predicted molar refractivity (Wildman–Crippen MR) is 74.6 cm³/mol. The minimum absolute atomic E-state index is 0.0596. The van der Waals surface area contributed by atoms with Crippen LogP contribution in [0, 0.1) is 0 Å². The Labute approximate surface area is 128 Å². The molecule has 3 rings (SSSR count). The quantitative estimate of drug-likeness (QED) is 0.678. The summed E-state index contributed by atoms with van der Waals surface area (Å²) in [5.74, 6) is 0.671. The van der Waals surface area contributed by atoms with E-state index in [-0.39, 0.29) is 11.6 Å². The molecule has 0 aliphatic heterocycles. The molecule has 0 fully saturated rings. The summed E-state index contributed by atoms with van der Waals surface area (Å²) in [6.07, 6.45) is 1.51. The van der Waals surface area contributed by atoms with E-state index in [0.29, 0.717) is 22.1 Å². The molecule has 0 atom stereocenters. The molecule has 8 heteroatoms. The van der Waals surface area contributed by atoms with E-state index >= 15 is 0 Å². The van der Waals surface area contributed by atoms with Crippen LogP contribution >= 0.6 is 11.6 Å². The van der Waals surface area contributed by atoms with Crippen LogP contribution in [0.15, 0.2) is 47.1 Å². The molecular formula is C14H8ClF2N3O2. The maximum Gasteiger partial charge on any atom is 0.387 e. The molecule has 0 saturated heterocycles. The van der Waals surface area contributed by atoms with Crippen LogP contribution in [0.4, 0.5) is 8.78 Å². The molecule has 22 heavy (non-hydrogen) atoms. The van der Waals surface area contributed by atoms with Gasteiger partial charge in [0.2, 0.25) is 5.82 Å². The lowest BCUT2D eigenvalue weighted by Crippen LogP contribution is -2.01. The number of halogens is 3. The van der Waals surface area contributed by atoms with Crippen molar-refractivity contribution in [3.05, 3.63) is 47.7 Å². The fourth-order valence-corrected chi connectivity index (χ4v) is 1.86. The topological polar surface area (TPSA) is 61.0 Å². The van der Waals surface area contributed by atoms with E-state index in [1.165, 1.54) is 18.3 Å². The van der Waals surface area contributed by atoms with Gasteiger partial charge in [0.15, 0.2) is 0 Å². The summed E-state index contributed by atoms with van der Waals surface area (Å²) in [6, 6.07) is 9.24. The highest BCUT2D eigenvalue weighted by Gasteiger charge is 2.11. The molecule has 0 aliphatic carbocycles. The molecule has 0 spiro atoms. The van der Waals surface area contributed by atoms with Crippen LogP contribution in [-0.4, -0.2) is 21.7 Å². The van der Waals surface area contributed by atoms with Gasteiger partial charge in [-0.1, -0.05) is 16.8 Å². The van der Waals surface area contributed by atoms with Crippen LogP contribution in [0.1, 0.15) is 0 Å². The Balaban J connectivity index is 1.82. The van der Waals surface area contributed by atoms with E-state index in [1.54, 1.807) is 24.3 Å². The van der Waals surface area contributed by atoms with Crippen molar-refractivity contribution in [3.8, 4) is 28.6 Å². The van der Waals surface area contributed by atoms with E-state index in [2.05, 4.69) is 19.9 Å². The van der Waals surface area contributed by atoms with Crippen LogP contribution in [-0.2, 0) is 0 Å². The Bertz CT molecular complexity index is 761. The summed E-state index contributed by atoms with van der Waals surface area (Å²) in [6.45, 7) is -2.86. The number of ether oxygens (including phenoxy) is 1. The largest absolute Gasteiger partial charge is 0.435 e. The normalized spacial score (nSPS) is 10.9.